The van der Waals surface area contributed by atoms with Gasteiger partial charge in [-0.05, 0) is 56.2 Å². The molecule has 0 atom stereocenters. The van der Waals surface area contributed by atoms with E-state index in [1.807, 2.05) is 24.1 Å². The summed E-state index contributed by atoms with van der Waals surface area (Å²) in [5.74, 6) is 1.49. The highest BCUT2D eigenvalue weighted by Crippen LogP contribution is 2.30. The van der Waals surface area contributed by atoms with Gasteiger partial charge < -0.3 is 19.7 Å². The lowest BCUT2D eigenvalue weighted by molar-refractivity contribution is 0.353. The molecule has 0 fully saturated rings. The zero-order chi connectivity index (χ0) is 15.3. The van der Waals surface area contributed by atoms with E-state index in [1.54, 1.807) is 14.2 Å². The molecule has 112 valence electrons. The molecule has 0 aliphatic rings. The zero-order valence-electron chi connectivity index (χ0n) is 13.1. The number of aryl methyl sites for hydroxylation is 1. The Hall–Kier alpha value is -1.49. The van der Waals surface area contributed by atoms with Gasteiger partial charge in [0.15, 0.2) is 16.6 Å². The van der Waals surface area contributed by atoms with Crippen molar-refractivity contribution in [2.75, 3.05) is 21.3 Å². The van der Waals surface area contributed by atoms with E-state index in [0.29, 0.717) is 6.04 Å². The quantitative estimate of drug-likeness (QED) is 0.845. The highest BCUT2D eigenvalue weighted by atomic mass is 32.1. The van der Waals surface area contributed by atoms with Crippen LogP contribution in [0.5, 0.6) is 11.5 Å². The molecule has 4 nitrogen and oxygen atoms in total. The monoisotopic (exact) mass is 296 g/mol. The lowest BCUT2D eigenvalue weighted by Gasteiger charge is -2.24. The molecular weight excluding hydrogens is 272 g/mol. The molecular formula is C15H24N2O2S. The van der Waals surface area contributed by atoms with Crippen LogP contribution in [0.1, 0.15) is 25.0 Å². The third kappa shape index (κ3) is 4.27. The van der Waals surface area contributed by atoms with Crippen LogP contribution in [-0.2, 0) is 6.54 Å². The number of nitrogens with zero attached hydrogens (tertiary/aromatic N) is 1. The first-order valence-electron chi connectivity index (χ1n) is 6.62. The molecule has 1 aromatic carbocycles. The Balaban J connectivity index is 2.89. The number of ether oxygens (including phenoxy) is 2. The van der Waals surface area contributed by atoms with Gasteiger partial charge in [-0.25, -0.2) is 0 Å². The van der Waals surface area contributed by atoms with Crippen LogP contribution in [0.3, 0.4) is 0 Å². The fourth-order valence-electron chi connectivity index (χ4n) is 1.88. The van der Waals surface area contributed by atoms with Crippen molar-refractivity contribution in [1.29, 1.82) is 0 Å². The summed E-state index contributed by atoms with van der Waals surface area (Å²) in [5.41, 5.74) is 2.32. The van der Waals surface area contributed by atoms with Crippen LogP contribution in [0.4, 0.5) is 0 Å². The van der Waals surface area contributed by atoms with Crippen molar-refractivity contribution >= 4 is 17.3 Å². The van der Waals surface area contributed by atoms with Crippen molar-refractivity contribution in [1.82, 2.24) is 10.2 Å². The van der Waals surface area contributed by atoms with Crippen molar-refractivity contribution in [3.8, 4) is 11.5 Å². The summed E-state index contributed by atoms with van der Waals surface area (Å²) >= 11 is 5.36. The van der Waals surface area contributed by atoms with Gasteiger partial charge >= 0.3 is 0 Å². The van der Waals surface area contributed by atoms with E-state index in [0.717, 1.165) is 34.3 Å². The molecule has 1 aromatic rings. The zero-order valence-corrected chi connectivity index (χ0v) is 13.9. The highest BCUT2D eigenvalue weighted by Gasteiger charge is 2.12. The van der Waals surface area contributed by atoms with Crippen LogP contribution < -0.4 is 14.8 Å². The van der Waals surface area contributed by atoms with Gasteiger partial charge in [-0.15, -0.1) is 0 Å². The lowest BCUT2D eigenvalue weighted by Crippen LogP contribution is -2.40. The minimum absolute atomic E-state index is 0.330. The van der Waals surface area contributed by atoms with Gasteiger partial charge in [0, 0.05) is 19.6 Å². The van der Waals surface area contributed by atoms with E-state index < -0.39 is 0 Å². The maximum Gasteiger partial charge on any atom is 0.169 e. The molecule has 0 aromatic heterocycles. The first-order valence-corrected chi connectivity index (χ1v) is 7.03. The Bertz CT molecular complexity index is 475. The summed E-state index contributed by atoms with van der Waals surface area (Å²) in [4.78, 5) is 2.02. The van der Waals surface area contributed by atoms with Gasteiger partial charge in [0.05, 0.1) is 14.2 Å². The Morgan fingerprint density at radius 3 is 2.30 bits per heavy atom. The van der Waals surface area contributed by atoms with Gasteiger partial charge in [-0.2, -0.15) is 0 Å². The van der Waals surface area contributed by atoms with E-state index in [9.17, 15) is 0 Å². The summed E-state index contributed by atoms with van der Waals surface area (Å²) < 4.78 is 10.6. The Morgan fingerprint density at radius 2 is 1.80 bits per heavy atom. The fraction of sp³-hybridized carbons (Fsp3) is 0.533. The number of rotatable bonds is 5. The van der Waals surface area contributed by atoms with Crippen molar-refractivity contribution in [2.24, 2.45) is 0 Å². The molecule has 0 heterocycles. The van der Waals surface area contributed by atoms with Crippen LogP contribution in [0, 0.1) is 6.92 Å². The molecule has 0 amide bonds. The summed E-state index contributed by atoms with van der Waals surface area (Å²) in [6, 6.07) is 4.32. The molecule has 1 rings (SSSR count). The van der Waals surface area contributed by atoms with E-state index in [2.05, 4.69) is 26.1 Å². The average Bonchev–Trinajstić information content (AvgIpc) is 2.39. The van der Waals surface area contributed by atoms with Crippen LogP contribution in [0.15, 0.2) is 12.1 Å². The summed E-state index contributed by atoms with van der Waals surface area (Å²) in [7, 11) is 5.27. The van der Waals surface area contributed by atoms with Crippen molar-refractivity contribution in [3.63, 3.8) is 0 Å². The predicted molar refractivity (Wildman–Crippen MR) is 86.6 cm³/mol. The summed E-state index contributed by atoms with van der Waals surface area (Å²) in [6.45, 7) is 6.93. The molecule has 0 aliphatic heterocycles. The normalized spacial score (nSPS) is 10.3. The van der Waals surface area contributed by atoms with Crippen LogP contribution >= 0.6 is 12.2 Å². The maximum atomic E-state index is 5.36. The van der Waals surface area contributed by atoms with Crippen molar-refractivity contribution < 1.29 is 9.47 Å². The number of benzene rings is 1. The molecule has 0 saturated carbocycles. The molecule has 5 heteroatoms. The molecule has 0 bridgehead atoms. The molecule has 0 radical (unpaired) electrons. The van der Waals surface area contributed by atoms with Crippen LogP contribution in [-0.4, -0.2) is 37.3 Å². The second kappa shape index (κ2) is 7.33. The Kier molecular flexibility index (Phi) is 6.07. The topological polar surface area (TPSA) is 33.7 Å². The Labute approximate surface area is 127 Å². The molecule has 1 N–H and O–H groups in total. The minimum atomic E-state index is 0.330. The van der Waals surface area contributed by atoms with Gasteiger partial charge in [-0.3, -0.25) is 0 Å². The third-order valence-corrected chi connectivity index (χ3v) is 3.44. The van der Waals surface area contributed by atoms with Gasteiger partial charge in [-0.1, -0.05) is 0 Å². The van der Waals surface area contributed by atoms with Gasteiger partial charge in [0.2, 0.25) is 0 Å². The predicted octanol–water partition coefficient (Wildman–Crippen LogP) is 2.73. The van der Waals surface area contributed by atoms with E-state index in [-0.39, 0.29) is 0 Å². The number of hydrogen-bond donors (Lipinski definition) is 1. The third-order valence-electron chi connectivity index (χ3n) is 3.01. The number of hydrogen-bond acceptors (Lipinski definition) is 3. The first-order chi connectivity index (χ1) is 9.38. The minimum Gasteiger partial charge on any atom is -0.493 e. The molecule has 0 aliphatic carbocycles. The molecule has 0 saturated heterocycles. The summed E-state index contributed by atoms with van der Waals surface area (Å²) in [6.07, 6.45) is 0. The van der Waals surface area contributed by atoms with E-state index in [4.69, 9.17) is 21.7 Å². The number of methoxy groups -OCH3 is 2. The average molecular weight is 296 g/mol. The van der Waals surface area contributed by atoms with Gasteiger partial charge in [0.1, 0.15) is 0 Å². The second-order valence-electron chi connectivity index (χ2n) is 5.09. The number of nitrogens with one attached hydrogen (secondary N) is 1. The van der Waals surface area contributed by atoms with E-state index >= 15 is 0 Å². The second-order valence-corrected chi connectivity index (χ2v) is 5.48. The summed E-state index contributed by atoms with van der Waals surface area (Å²) in [5, 5.41) is 3.98. The fourth-order valence-corrected chi connectivity index (χ4v) is 2.18. The maximum absolute atomic E-state index is 5.36. The Morgan fingerprint density at radius 1 is 1.25 bits per heavy atom. The molecule has 20 heavy (non-hydrogen) atoms. The standard InChI is InChI=1S/C15H24N2O2S/c1-10(2)16-15(20)17(4)9-12-8-14(19-6)13(18-5)7-11(12)3/h7-8,10H,9H2,1-6H3,(H,16,20). The van der Waals surface area contributed by atoms with Crippen molar-refractivity contribution in [3.05, 3.63) is 23.3 Å². The highest BCUT2D eigenvalue weighted by molar-refractivity contribution is 7.80. The molecule has 0 spiro atoms. The van der Waals surface area contributed by atoms with Gasteiger partial charge in [0.25, 0.3) is 0 Å². The smallest absolute Gasteiger partial charge is 0.169 e. The largest absolute Gasteiger partial charge is 0.493 e. The van der Waals surface area contributed by atoms with Crippen LogP contribution in [0.25, 0.3) is 0 Å². The SMILES string of the molecule is COc1cc(C)c(CN(C)C(=S)NC(C)C)cc1OC. The first kappa shape index (κ1) is 16.6. The van der Waals surface area contributed by atoms with Crippen molar-refractivity contribution in [2.45, 2.75) is 33.4 Å². The van der Waals surface area contributed by atoms with E-state index in [1.165, 1.54) is 0 Å². The molecule has 0 unspecified atom stereocenters. The van der Waals surface area contributed by atoms with Crippen LogP contribution in [0.2, 0.25) is 0 Å². The lowest BCUT2D eigenvalue weighted by atomic mass is 10.1. The number of thiocarbonyl (C=S) groups is 1.